The van der Waals surface area contributed by atoms with E-state index >= 15 is 0 Å². The zero-order valence-corrected chi connectivity index (χ0v) is 21.3. The molecule has 36 heavy (non-hydrogen) atoms. The average Bonchev–Trinajstić information content (AvgIpc) is 2.91. The highest BCUT2D eigenvalue weighted by atomic mass is 16.6. The van der Waals surface area contributed by atoms with Gasteiger partial charge in [0.1, 0.15) is 6.61 Å². The van der Waals surface area contributed by atoms with Crippen LogP contribution in [0, 0.1) is 0 Å². The monoisotopic (exact) mass is 514 g/mol. The highest BCUT2D eigenvalue weighted by molar-refractivity contribution is 5.81. The molecule has 0 amide bonds. The molecule has 0 heterocycles. The molecule has 0 spiro atoms. The van der Waals surface area contributed by atoms with Crippen LogP contribution < -0.4 is 0 Å². The van der Waals surface area contributed by atoms with Gasteiger partial charge in [-0.1, -0.05) is 36.9 Å². The molecule has 0 aliphatic carbocycles. The van der Waals surface area contributed by atoms with Gasteiger partial charge in [0.2, 0.25) is 0 Å². The van der Waals surface area contributed by atoms with Gasteiger partial charge in [-0.2, -0.15) is 0 Å². The SMILES string of the molecule is C=CC(=O)OCCOCCOCCOCCOCCOCCOCCOCCOCc1ccccc1. The number of carbonyl (C=O) groups excluding carboxylic acids is 1. The Morgan fingerprint density at radius 3 is 1.22 bits per heavy atom. The van der Waals surface area contributed by atoms with Crippen LogP contribution in [0.15, 0.2) is 43.0 Å². The molecule has 0 radical (unpaired) electrons. The van der Waals surface area contributed by atoms with Crippen molar-refractivity contribution < 1.29 is 47.4 Å². The van der Waals surface area contributed by atoms with Gasteiger partial charge < -0.3 is 42.6 Å². The summed E-state index contributed by atoms with van der Waals surface area (Å²) in [5, 5.41) is 0. The van der Waals surface area contributed by atoms with Crippen LogP contribution in [-0.2, 0) is 54.0 Å². The van der Waals surface area contributed by atoms with E-state index in [1.807, 2.05) is 30.3 Å². The minimum Gasteiger partial charge on any atom is -0.460 e. The third-order valence-corrected chi connectivity index (χ3v) is 4.35. The maximum Gasteiger partial charge on any atom is 0.330 e. The van der Waals surface area contributed by atoms with Crippen molar-refractivity contribution in [2.24, 2.45) is 0 Å². The van der Waals surface area contributed by atoms with E-state index in [-0.39, 0.29) is 6.61 Å². The summed E-state index contributed by atoms with van der Waals surface area (Å²) in [5.74, 6) is -0.455. The van der Waals surface area contributed by atoms with E-state index < -0.39 is 5.97 Å². The van der Waals surface area contributed by atoms with Crippen molar-refractivity contribution in [3.05, 3.63) is 48.6 Å². The molecule has 0 aromatic heterocycles. The molecule has 10 nitrogen and oxygen atoms in total. The average molecular weight is 515 g/mol. The molecule has 0 bridgehead atoms. The fourth-order valence-electron chi connectivity index (χ4n) is 2.56. The Balaban J connectivity index is 1.64. The summed E-state index contributed by atoms with van der Waals surface area (Å²) in [7, 11) is 0. The number of ether oxygens (including phenoxy) is 9. The lowest BCUT2D eigenvalue weighted by Gasteiger charge is -2.09. The Hall–Kier alpha value is -1.89. The lowest BCUT2D eigenvalue weighted by molar-refractivity contribution is -0.139. The van der Waals surface area contributed by atoms with Crippen LogP contribution >= 0.6 is 0 Å². The Bertz CT molecular complexity index is 614. The van der Waals surface area contributed by atoms with Crippen molar-refractivity contribution in [2.75, 3.05) is 106 Å². The molecule has 1 aromatic carbocycles. The molecule has 206 valence electrons. The van der Waals surface area contributed by atoms with Gasteiger partial charge in [0.05, 0.1) is 106 Å². The summed E-state index contributed by atoms with van der Waals surface area (Å²) in [5.41, 5.74) is 1.16. The van der Waals surface area contributed by atoms with Gasteiger partial charge in [0.25, 0.3) is 0 Å². The van der Waals surface area contributed by atoms with Crippen LogP contribution in [0.3, 0.4) is 0 Å². The van der Waals surface area contributed by atoms with Crippen LogP contribution in [0.4, 0.5) is 0 Å². The fourth-order valence-corrected chi connectivity index (χ4v) is 2.56. The smallest absolute Gasteiger partial charge is 0.330 e. The quantitative estimate of drug-likeness (QED) is 0.0985. The third-order valence-electron chi connectivity index (χ3n) is 4.35. The first-order chi connectivity index (χ1) is 17.8. The molecule has 0 N–H and O–H groups in total. The molecule has 0 aliphatic rings. The van der Waals surface area contributed by atoms with Gasteiger partial charge in [0, 0.05) is 6.08 Å². The van der Waals surface area contributed by atoms with E-state index in [4.69, 9.17) is 42.6 Å². The highest BCUT2D eigenvalue weighted by Gasteiger charge is 1.97. The first kappa shape index (κ1) is 32.1. The van der Waals surface area contributed by atoms with Crippen LogP contribution in [0.5, 0.6) is 0 Å². The normalized spacial score (nSPS) is 11.0. The first-order valence-electron chi connectivity index (χ1n) is 12.3. The summed E-state index contributed by atoms with van der Waals surface area (Å²) in [6.07, 6.45) is 1.12. The van der Waals surface area contributed by atoms with Gasteiger partial charge >= 0.3 is 5.97 Å². The van der Waals surface area contributed by atoms with Crippen LogP contribution in [0.1, 0.15) is 5.56 Å². The fraction of sp³-hybridized carbons (Fsp3) is 0.654. The van der Waals surface area contributed by atoms with Gasteiger partial charge in [-0.25, -0.2) is 4.79 Å². The minimum atomic E-state index is -0.455. The number of hydrogen-bond acceptors (Lipinski definition) is 10. The Morgan fingerprint density at radius 1 is 0.528 bits per heavy atom. The third kappa shape index (κ3) is 22.6. The molecule has 10 heteroatoms. The Kier molecular flexibility index (Phi) is 23.4. The number of carbonyl (C=O) groups is 1. The summed E-state index contributed by atoms with van der Waals surface area (Å²) < 4.78 is 48.2. The minimum absolute atomic E-state index is 0.204. The van der Waals surface area contributed by atoms with Gasteiger partial charge in [-0.05, 0) is 5.56 Å². The predicted octanol–water partition coefficient (Wildman–Crippen LogP) is 2.05. The predicted molar refractivity (Wildman–Crippen MR) is 133 cm³/mol. The highest BCUT2D eigenvalue weighted by Crippen LogP contribution is 2.00. The van der Waals surface area contributed by atoms with Crippen molar-refractivity contribution in [3.63, 3.8) is 0 Å². The van der Waals surface area contributed by atoms with Crippen molar-refractivity contribution >= 4 is 5.97 Å². The van der Waals surface area contributed by atoms with Gasteiger partial charge in [0.15, 0.2) is 0 Å². The van der Waals surface area contributed by atoms with E-state index in [0.717, 1.165) is 11.6 Å². The first-order valence-corrected chi connectivity index (χ1v) is 12.3. The second-order valence-corrected chi connectivity index (χ2v) is 7.20. The summed E-state index contributed by atoms with van der Waals surface area (Å²) >= 11 is 0. The zero-order valence-electron chi connectivity index (χ0n) is 21.3. The second kappa shape index (κ2) is 26.2. The molecule has 1 aromatic rings. The zero-order chi connectivity index (χ0) is 25.8. The molecule has 0 atom stereocenters. The Morgan fingerprint density at radius 2 is 0.861 bits per heavy atom. The molecule has 0 fully saturated rings. The summed E-state index contributed by atoms with van der Waals surface area (Å²) in [6.45, 7) is 11.5. The molecular weight excluding hydrogens is 472 g/mol. The number of hydrogen-bond donors (Lipinski definition) is 0. The number of esters is 1. The standard InChI is InChI=1S/C26H42O10/c1-2-26(27)36-23-22-34-19-18-32-15-14-30-11-10-28-8-9-29-12-13-31-16-17-33-20-21-35-24-25-6-4-3-5-7-25/h2-7H,1,8-24H2. The maximum atomic E-state index is 10.8. The largest absolute Gasteiger partial charge is 0.460 e. The lowest BCUT2D eigenvalue weighted by Crippen LogP contribution is -2.15. The second-order valence-electron chi connectivity index (χ2n) is 7.20. The van der Waals surface area contributed by atoms with Crippen LogP contribution in [0.25, 0.3) is 0 Å². The Labute approximate surface area is 214 Å². The molecular formula is C26H42O10. The summed E-state index contributed by atoms with van der Waals surface area (Å²) in [6, 6.07) is 10.1. The molecule has 0 saturated heterocycles. The number of rotatable bonds is 27. The molecule has 1 rings (SSSR count). The van der Waals surface area contributed by atoms with Crippen molar-refractivity contribution in [3.8, 4) is 0 Å². The lowest BCUT2D eigenvalue weighted by atomic mass is 10.2. The van der Waals surface area contributed by atoms with E-state index in [9.17, 15) is 4.79 Å². The number of benzene rings is 1. The topological polar surface area (TPSA) is 100 Å². The van der Waals surface area contributed by atoms with Crippen LogP contribution in [0.2, 0.25) is 0 Å². The van der Waals surface area contributed by atoms with Gasteiger partial charge in [-0.15, -0.1) is 0 Å². The van der Waals surface area contributed by atoms with Crippen molar-refractivity contribution in [1.29, 1.82) is 0 Å². The van der Waals surface area contributed by atoms with Crippen molar-refractivity contribution in [2.45, 2.75) is 6.61 Å². The van der Waals surface area contributed by atoms with E-state index in [1.54, 1.807) is 0 Å². The van der Waals surface area contributed by atoms with E-state index in [2.05, 4.69) is 6.58 Å². The van der Waals surface area contributed by atoms with E-state index in [0.29, 0.717) is 106 Å². The van der Waals surface area contributed by atoms with E-state index in [1.165, 1.54) is 0 Å². The molecule has 0 saturated carbocycles. The van der Waals surface area contributed by atoms with Gasteiger partial charge in [-0.3, -0.25) is 0 Å². The summed E-state index contributed by atoms with van der Waals surface area (Å²) in [4.78, 5) is 10.8. The maximum absolute atomic E-state index is 10.8. The van der Waals surface area contributed by atoms with Crippen LogP contribution in [-0.4, -0.2) is 112 Å². The molecule has 0 aliphatic heterocycles. The molecule has 0 unspecified atom stereocenters. The van der Waals surface area contributed by atoms with Crippen molar-refractivity contribution in [1.82, 2.24) is 0 Å².